The van der Waals surface area contributed by atoms with Crippen molar-refractivity contribution in [1.82, 2.24) is 5.32 Å². The number of carbonyl (C=O) groups excluding carboxylic acids is 1. The van der Waals surface area contributed by atoms with E-state index in [4.69, 9.17) is 5.11 Å². The van der Waals surface area contributed by atoms with Crippen molar-refractivity contribution < 1.29 is 27.8 Å². The van der Waals surface area contributed by atoms with Crippen LogP contribution in [0.3, 0.4) is 0 Å². The molecule has 0 aliphatic heterocycles. The average Bonchev–Trinajstić information content (AvgIpc) is 1.79. The Morgan fingerprint density at radius 1 is 1.36 bits per heavy atom. The van der Waals surface area contributed by atoms with E-state index in [0.29, 0.717) is 0 Å². The smallest absolute Gasteiger partial charge is 0.433 e. The summed E-state index contributed by atoms with van der Waals surface area (Å²) in [5.74, 6) is 0. The van der Waals surface area contributed by atoms with Crippen LogP contribution in [0.15, 0.2) is 0 Å². The number of hydrogen-bond acceptors (Lipinski definition) is 3. The minimum atomic E-state index is -4.89. The molecule has 0 fully saturated rings. The van der Waals surface area contributed by atoms with Gasteiger partial charge in [0.25, 0.3) is 0 Å². The lowest BCUT2D eigenvalue weighted by molar-refractivity contribution is -0.211. The number of rotatable bonds is 1. The van der Waals surface area contributed by atoms with Crippen molar-refractivity contribution >= 4 is 6.09 Å². The summed E-state index contributed by atoms with van der Waals surface area (Å²) in [6, 6.07) is 0. The maximum Gasteiger partial charge on any atom is 0.433 e. The summed E-state index contributed by atoms with van der Waals surface area (Å²) in [5, 5.41) is 9.66. The first-order chi connectivity index (χ1) is 6.02. The van der Waals surface area contributed by atoms with Gasteiger partial charge in [-0.2, -0.15) is 13.2 Å². The number of ether oxygens (including phenoxy) is 1. The van der Waals surface area contributed by atoms with Gasteiger partial charge in [0.05, 0.1) is 0 Å². The van der Waals surface area contributed by atoms with Crippen molar-refractivity contribution in [1.29, 1.82) is 0 Å². The Bertz CT molecular complexity index is 209. The zero-order chi connectivity index (χ0) is 11.6. The molecule has 0 aromatic rings. The molecule has 1 atom stereocenters. The third-order valence-corrected chi connectivity index (χ3v) is 0.964. The number of alkyl carbamates (subject to hydrolysis) is 1. The van der Waals surface area contributed by atoms with Crippen molar-refractivity contribution in [2.45, 2.75) is 38.8 Å². The summed E-state index contributed by atoms with van der Waals surface area (Å²) in [6.45, 7) is 4.48. The first kappa shape index (κ1) is 13.0. The first-order valence-corrected chi connectivity index (χ1v) is 3.76. The molecule has 0 aromatic heterocycles. The highest BCUT2D eigenvalue weighted by atomic mass is 19.4. The van der Waals surface area contributed by atoms with Gasteiger partial charge in [-0.1, -0.05) is 0 Å². The van der Waals surface area contributed by atoms with Crippen LogP contribution in [0.2, 0.25) is 0 Å². The van der Waals surface area contributed by atoms with E-state index >= 15 is 0 Å². The quantitative estimate of drug-likeness (QED) is 0.650. The van der Waals surface area contributed by atoms with Crippen LogP contribution in [0.25, 0.3) is 0 Å². The molecule has 0 heterocycles. The summed E-state index contributed by atoms with van der Waals surface area (Å²) in [6.07, 6.45) is -9.11. The van der Waals surface area contributed by atoms with E-state index in [9.17, 15) is 18.0 Å². The Morgan fingerprint density at radius 3 is 2.07 bits per heavy atom. The second kappa shape index (κ2) is 4.04. The van der Waals surface area contributed by atoms with Gasteiger partial charge in [-0.25, -0.2) is 4.79 Å². The van der Waals surface area contributed by atoms with E-state index in [1.807, 2.05) is 0 Å². The number of hydrogen-bond donors (Lipinski definition) is 2. The molecule has 4 nitrogen and oxygen atoms in total. The number of aliphatic hydroxyl groups excluding tert-OH is 1. The molecular formula is C7H12F3NO3. The van der Waals surface area contributed by atoms with Crippen LogP contribution >= 0.6 is 0 Å². The summed E-state index contributed by atoms with van der Waals surface area (Å²) >= 11 is 0. The molecule has 0 aliphatic carbocycles. The van der Waals surface area contributed by atoms with Gasteiger partial charge in [-0.3, -0.25) is 5.32 Å². The third-order valence-electron chi connectivity index (χ3n) is 0.964. The van der Waals surface area contributed by atoms with Gasteiger partial charge < -0.3 is 9.84 Å². The Kier molecular flexibility index (Phi) is 3.75. The highest BCUT2D eigenvalue weighted by molar-refractivity contribution is 5.67. The number of amides is 1. The first-order valence-electron chi connectivity index (χ1n) is 3.76. The van der Waals surface area contributed by atoms with Gasteiger partial charge in [-0.05, 0) is 20.8 Å². The van der Waals surface area contributed by atoms with Crippen LogP contribution in [0.4, 0.5) is 18.0 Å². The molecule has 0 saturated heterocycles. The molecule has 0 saturated carbocycles. The number of halogens is 3. The van der Waals surface area contributed by atoms with Crippen molar-refractivity contribution in [2.24, 2.45) is 0 Å². The molecule has 7 heteroatoms. The Balaban J connectivity index is 4.09. The maximum absolute atomic E-state index is 11.7. The van der Waals surface area contributed by atoms with Crippen molar-refractivity contribution in [3.05, 3.63) is 0 Å². The van der Waals surface area contributed by atoms with Crippen LogP contribution in [-0.4, -0.2) is 29.2 Å². The number of aliphatic hydroxyl groups is 1. The minimum absolute atomic E-state index is 0.907. The fraction of sp³-hybridized carbons (Fsp3) is 0.857. The lowest BCUT2D eigenvalue weighted by Gasteiger charge is -2.22. The second-order valence-corrected chi connectivity index (χ2v) is 3.59. The summed E-state index contributed by atoms with van der Waals surface area (Å²) in [5.41, 5.74) is -0.907. The van der Waals surface area contributed by atoms with E-state index in [1.165, 1.54) is 26.1 Å². The van der Waals surface area contributed by atoms with E-state index in [0.717, 1.165) is 0 Å². The molecule has 0 aliphatic rings. The highest BCUT2D eigenvalue weighted by Gasteiger charge is 2.40. The molecule has 0 spiro atoms. The van der Waals surface area contributed by atoms with E-state index in [-0.39, 0.29) is 0 Å². The van der Waals surface area contributed by atoms with E-state index in [1.54, 1.807) is 0 Å². The lowest BCUT2D eigenvalue weighted by Crippen LogP contribution is -2.47. The number of nitrogens with one attached hydrogen (secondary N) is 1. The lowest BCUT2D eigenvalue weighted by atomic mass is 10.2. The molecule has 0 radical (unpaired) electrons. The normalized spacial score (nSPS) is 14.8. The molecule has 14 heavy (non-hydrogen) atoms. The van der Waals surface area contributed by atoms with Gasteiger partial charge in [0.1, 0.15) is 5.60 Å². The Morgan fingerprint density at radius 2 is 1.79 bits per heavy atom. The molecule has 84 valence electrons. The van der Waals surface area contributed by atoms with Crippen LogP contribution < -0.4 is 5.32 Å². The number of alkyl halides is 3. The molecule has 2 N–H and O–H groups in total. The fourth-order valence-electron chi connectivity index (χ4n) is 0.501. The summed E-state index contributed by atoms with van der Waals surface area (Å²) in [4.78, 5) is 10.7. The zero-order valence-corrected chi connectivity index (χ0v) is 7.97. The predicted molar refractivity (Wildman–Crippen MR) is 41.4 cm³/mol. The van der Waals surface area contributed by atoms with Gasteiger partial charge in [0, 0.05) is 0 Å². The largest absolute Gasteiger partial charge is 0.444 e. The molecule has 1 unspecified atom stereocenters. The molecule has 1 amide bonds. The van der Waals surface area contributed by atoms with E-state index in [2.05, 4.69) is 4.74 Å². The topological polar surface area (TPSA) is 58.6 Å². The Hall–Kier alpha value is -0.980. The molecule has 0 rings (SSSR count). The predicted octanol–water partition coefficient (Wildman–Crippen LogP) is 1.39. The van der Waals surface area contributed by atoms with Crippen LogP contribution in [0.1, 0.15) is 20.8 Å². The average molecular weight is 215 g/mol. The standard InChI is InChI=1S/C7H12F3NO3/c1-6(2,3)14-5(13)11-4(12)7(8,9)10/h4,12H,1-3H3,(H,11,13). The summed E-state index contributed by atoms with van der Waals surface area (Å²) in [7, 11) is 0. The van der Waals surface area contributed by atoms with Crippen molar-refractivity contribution in [2.75, 3.05) is 0 Å². The zero-order valence-electron chi connectivity index (χ0n) is 7.97. The fourth-order valence-corrected chi connectivity index (χ4v) is 0.501. The third kappa shape index (κ3) is 5.63. The highest BCUT2D eigenvalue weighted by Crippen LogP contribution is 2.18. The Labute approximate surface area is 79.0 Å². The second-order valence-electron chi connectivity index (χ2n) is 3.59. The van der Waals surface area contributed by atoms with Crippen LogP contribution in [0.5, 0.6) is 0 Å². The van der Waals surface area contributed by atoms with Crippen molar-refractivity contribution in [3.63, 3.8) is 0 Å². The van der Waals surface area contributed by atoms with Crippen molar-refractivity contribution in [3.8, 4) is 0 Å². The van der Waals surface area contributed by atoms with Gasteiger partial charge in [0.15, 0.2) is 0 Å². The SMILES string of the molecule is CC(C)(C)OC(=O)NC(O)C(F)(F)F. The monoisotopic (exact) mass is 215 g/mol. The van der Waals surface area contributed by atoms with Gasteiger partial charge in [-0.15, -0.1) is 0 Å². The van der Waals surface area contributed by atoms with Crippen LogP contribution in [-0.2, 0) is 4.74 Å². The molecule has 0 aromatic carbocycles. The van der Waals surface area contributed by atoms with Gasteiger partial charge >= 0.3 is 12.3 Å². The van der Waals surface area contributed by atoms with Gasteiger partial charge in [0.2, 0.25) is 6.23 Å². The summed E-state index contributed by atoms with van der Waals surface area (Å²) < 4.78 is 39.7. The molecule has 0 bridgehead atoms. The number of carbonyl (C=O) groups is 1. The van der Waals surface area contributed by atoms with Crippen LogP contribution in [0, 0.1) is 0 Å². The maximum atomic E-state index is 11.7. The van der Waals surface area contributed by atoms with E-state index < -0.39 is 24.1 Å². The molecular weight excluding hydrogens is 203 g/mol. The minimum Gasteiger partial charge on any atom is -0.444 e.